The van der Waals surface area contributed by atoms with Crippen LogP contribution < -0.4 is 5.32 Å². The Morgan fingerprint density at radius 1 is 1.18 bits per heavy atom. The Morgan fingerprint density at radius 3 is 2.46 bits per heavy atom. The van der Waals surface area contributed by atoms with Crippen LogP contribution in [0.4, 0.5) is 4.39 Å². The topological polar surface area (TPSA) is 72.8 Å². The number of carbonyl (C=O) groups excluding carboxylic acids is 1. The van der Waals surface area contributed by atoms with Crippen molar-refractivity contribution in [3.63, 3.8) is 0 Å². The minimum Gasteiger partial charge on any atom is -0.388 e. The molecule has 3 N–H and O–H groups in total. The second-order valence-electron chi connectivity index (χ2n) is 7.24. The standard InChI is InChI=1S/C21H24ClFN2O3/c22-17-5-1-15(2-6-17)11-20(27)25-10-9-21(28,19(26)13-25)14-24-12-16-3-7-18(23)8-4-16/h1-8,19,24,26,28H,9-14H2/t19-,21-/m0/s1. The molecule has 1 saturated heterocycles. The monoisotopic (exact) mass is 406 g/mol. The minimum atomic E-state index is -1.31. The van der Waals surface area contributed by atoms with Crippen LogP contribution in [0.2, 0.25) is 5.02 Å². The highest BCUT2D eigenvalue weighted by Gasteiger charge is 2.41. The van der Waals surface area contributed by atoms with E-state index < -0.39 is 11.7 Å². The first-order chi connectivity index (χ1) is 13.4. The molecular formula is C21H24ClFN2O3. The Bertz CT molecular complexity index is 800. The van der Waals surface area contributed by atoms with Crippen LogP contribution in [0.1, 0.15) is 17.5 Å². The number of likely N-dealkylation sites (tertiary alicyclic amines) is 1. The summed E-state index contributed by atoms with van der Waals surface area (Å²) in [5.41, 5.74) is 0.428. The minimum absolute atomic E-state index is 0.0845. The van der Waals surface area contributed by atoms with E-state index >= 15 is 0 Å². The summed E-state index contributed by atoms with van der Waals surface area (Å²) in [6.07, 6.45) is -0.543. The Morgan fingerprint density at radius 2 is 1.82 bits per heavy atom. The number of aliphatic hydroxyl groups is 2. The highest BCUT2D eigenvalue weighted by molar-refractivity contribution is 6.30. The molecule has 3 rings (SSSR count). The number of benzene rings is 2. The zero-order valence-electron chi connectivity index (χ0n) is 15.4. The SMILES string of the molecule is O=C(Cc1ccc(Cl)cc1)N1CC[C@](O)(CNCc2ccc(F)cc2)[C@@H](O)C1. The van der Waals surface area contributed by atoms with Crippen molar-refractivity contribution in [3.8, 4) is 0 Å². The van der Waals surface area contributed by atoms with Crippen LogP contribution in [-0.2, 0) is 17.8 Å². The van der Waals surface area contributed by atoms with E-state index in [4.69, 9.17) is 11.6 Å². The molecule has 2 aromatic rings. The number of piperidine rings is 1. The van der Waals surface area contributed by atoms with Gasteiger partial charge in [-0.2, -0.15) is 0 Å². The number of halogens is 2. The molecule has 1 amide bonds. The molecule has 2 atom stereocenters. The van der Waals surface area contributed by atoms with Gasteiger partial charge in [-0.15, -0.1) is 0 Å². The van der Waals surface area contributed by atoms with E-state index in [1.165, 1.54) is 12.1 Å². The van der Waals surface area contributed by atoms with Crippen LogP contribution in [0.5, 0.6) is 0 Å². The highest BCUT2D eigenvalue weighted by atomic mass is 35.5. The van der Waals surface area contributed by atoms with Crippen LogP contribution in [0.15, 0.2) is 48.5 Å². The summed E-state index contributed by atoms with van der Waals surface area (Å²) in [6.45, 7) is 1.10. The summed E-state index contributed by atoms with van der Waals surface area (Å²) in [5.74, 6) is -0.392. The third-order valence-corrected chi connectivity index (χ3v) is 5.38. The Kier molecular flexibility index (Phi) is 6.67. The van der Waals surface area contributed by atoms with Gasteiger partial charge in [-0.25, -0.2) is 4.39 Å². The lowest BCUT2D eigenvalue weighted by Gasteiger charge is -2.42. The number of nitrogens with zero attached hydrogens (tertiary/aromatic N) is 1. The first-order valence-corrected chi connectivity index (χ1v) is 9.61. The van der Waals surface area contributed by atoms with Crippen molar-refractivity contribution in [1.82, 2.24) is 10.2 Å². The number of aliphatic hydroxyl groups excluding tert-OH is 1. The normalized spacial score (nSPS) is 22.3. The summed E-state index contributed by atoms with van der Waals surface area (Å²) in [5, 5.41) is 24.9. The van der Waals surface area contributed by atoms with Gasteiger partial charge in [-0.3, -0.25) is 4.79 Å². The van der Waals surface area contributed by atoms with E-state index in [0.717, 1.165) is 11.1 Å². The summed E-state index contributed by atoms with van der Waals surface area (Å²) >= 11 is 5.86. The molecule has 0 saturated carbocycles. The van der Waals surface area contributed by atoms with Gasteiger partial charge >= 0.3 is 0 Å². The van der Waals surface area contributed by atoms with E-state index in [0.29, 0.717) is 18.1 Å². The van der Waals surface area contributed by atoms with Gasteiger partial charge in [0.05, 0.1) is 6.42 Å². The van der Waals surface area contributed by atoms with Gasteiger partial charge in [0.1, 0.15) is 17.5 Å². The van der Waals surface area contributed by atoms with Crippen LogP contribution in [0.25, 0.3) is 0 Å². The van der Waals surface area contributed by atoms with Crippen LogP contribution in [-0.4, -0.2) is 52.4 Å². The zero-order chi connectivity index (χ0) is 20.1. The van der Waals surface area contributed by atoms with E-state index in [-0.39, 0.29) is 37.7 Å². The van der Waals surface area contributed by atoms with Crippen molar-refractivity contribution in [2.75, 3.05) is 19.6 Å². The lowest BCUT2D eigenvalue weighted by molar-refractivity contribution is -0.148. The summed E-state index contributed by atoms with van der Waals surface area (Å²) in [4.78, 5) is 14.1. The number of amides is 1. The molecule has 1 aliphatic rings. The van der Waals surface area contributed by atoms with Gasteiger partial charge in [0, 0.05) is 31.2 Å². The first-order valence-electron chi connectivity index (χ1n) is 9.23. The molecule has 5 nitrogen and oxygen atoms in total. The maximum Gasteiger partial charge on any atom is 0.227 e. The van der Waals surface area contributed by atoms with E-state index in [2.05, 4.69) is 5.32 Å². The summed E-state index contributed by atoms with van der Waals surface area (Å²) < 4.78 is 12.9. The predicted octanol–water partition coefficient (Wildman–Crippen LogP) is 2.14. The van der Waals surface area contributed by atoms with Gasteiger partial charge < -0.3 is 20.4 Å². The third-order valence-electron chi connectivity index (χ3n) is 5.12. The van der Waals surface area contributed by atoms with Gasteiger partial charge in [-0.05, 0) is 41.8 Å². The molecule has 0 spiro atoms. The molecule has 1 aliphatic heterocycles. The number of β-amino-alcohol motifs (C(OH)–C–C–N with tert-alkyl or cyclic N) is 1. The Labute approximate surface area is 168 Å². The average Bonchev–Trinajstić information content (AvgIpc) is 2.67. The first kappa shape index (κ1) is 20.7. The number of hydrogen-bond donors (Lipinski definition) is 3. The molecule has 0 bridgehead atoms. The van der Waals surface area contributed by atoms with Crippen molar-refractivity contribution in [2.24, 2.45) is 0 Å². The second kappa shape index (κ2) is 9.01. The molecule has 2 aromatic carbocycles. The molecule has 7 heteroatoms. The summed E-state index contributed by atoms with van der Waals surface area (Å²) in [6, 6.07) is 13.2. The molecule has 0 aliphatic carbocycles. The quantitative estimate of drug-likeness (QED) is 0.687. The molecule has 0 radical (unpaired) electrons. The fraction of sp³-hybridized carbons (Fsp3) is 0.381. The third kappa shape index (κ3) is 5.29. The average molecular weight is 407 g/mol. The maximum atomic E-state index is 12.9. The smallest absolute Gasteiger partial charge is 0.227 e. The molecule has 1 fully saturated rings. The predicted molar refractivity (Wildman–Crippen MR) is 105 cm³/mol. The van der Waals surface area contributed by atoms with Crippen molar-refractivity contribution in [2.45, 2.75) is 31.1 Å². The molecule has 28 heavy (non-hydrogen) atoms. The van der Waals surface area contributed by atoms with E-state index in [1.807, 2.05) is 0 Å². The van der Waals surface area contributed by atoms with Crippen molar-refractivity contribution >= 4 is 17.5 Å². The molecule has 0 aromatic heterocycles. The van der Waals surface area contributed by atoms with E-state index in [9.17, 15) is 19.4 Å². The highest BCUT2D eigenvalue weighted by Crippen LogP contribution is 2.23. The number of hydrogen-bond acceptors (Lipinski definition) is 4. The van der Waals surface area contributed by atoms with Gasteiger partial charge in [0.25, 0.3) is 0 Å². The number of nitrogens with one attached hydrogen (secondary N) is 1. The van der Waals surface area contributed by atoms with Crippen LogP contribution in [0.3, 0.4) is 0 Å². The summed E-state index contributed by atoms with van der Waals surface area (Å²) in [7, 11) is 0. The van der Waals surface area contributed by atoms with Crippen molar-refractivity contribution in [1.29, 1.82) is 0 Å². The lowest BCUT2D eigenvalue weighted by atomic mass is 9.88. The largest absolute Gasteiger partial charge is 0.388 e. The number of carbonyl (C=O) groups is 1. The van der Waals surface area contributed by atoms with Crippen molar-refractivity contribution in [3.05, 3.63) is 70.5 Å². The second-order valence-corrected chi connectivity index (χ2v) is 7.68. The molecular weight excluding hydrogens is 383 g/mol. The molecule has 0 unspecified atom stereocenters. The van der Waals surface area contributed by atoms with E-state index in [1.54, 1.807) is 41.3 Å². The molecule has 150 valence electrons. The van der Waals surface area contributed by atoms with Gasteiger partial charge in [-0.1, -0.05) is 35.9 Å². The number of rotatable bonds is 6. The fourth-order valence-corrected chi connectivity index (χ4v) is 3.44. The fourth-order valence-electron chi connectivity index (χ4n) is 3.31. The van der Waals surface area contributed by atoms with Crippen molar-refractivity contribution < 1.29 is 19.4 Å². The maximum absolute atomic E-state index is 12.9. The zero-order valence-corrected chi connectivity index (χ0v) is 16.2. The van der Waals surface area contributed by atoms with Crippen LogP contribution in [0, 0.1) is 5.82 Å². The Balaban J connectivity index is 1.49. The lowest BCUT2D eigenvalue weighted by Crippen LogP contribution is -2.60. The Hall–Kier alpha value is -1.99. The van der Waals surface area contributed by atoms with Gasteiger partial charge in [0.15, 0.2) is 0 Å². The van der Waals surface area contributed by atoms with Gasteiger partial charge in [0.2, 0.25) is 5.91 Å². The van der Waals surface area contributed by atoms with Crippen LogP contribution >= 0.6 is 11.6 Å². The molecule has 1 heterocycles.